The van der Waals surface area contributed by atoms with E-state index < -0.39 is 0 Å². The van der Waals surface area contributed by atoms with Crippen molar-refractivity contribution < 1.29 is 4.79 Å². The lowest BCUT2D eigenvalue weighted by molar-refractivity contribution is 0.0815. The van der Waals surface area contributed by atoms with Gasteiger partial charge < -0.3 is 19.5 Å². The molecule has 0 aliphatic carbocycles. The van der Waals surface area contributed by atoms with Crippen LogP contribution in [0.2, 0.25) is 0 Å². The summed E-state index contributed by atoms with van der Waals surface area (Å²) in [5.74, 6) is 1.66. The van der Waals surface area contributed by atoms with Crippen molar-refractivity contribution in [1.82, 2.24) is 29.2 Å². The molecule has 0 aromatic carbocycles. The Kier molecular flexibility index (Phi) is 4.58. The van der Waals surface area contributed by atoms with Gasteiger partial charge in [0.25, 0.3) is 5.91 Å². The van der Waals surface area contributed by atoms with Crippen molar-refractivity contribution in [2.24, 2.45) is 0 Å². The fraction of sp³-hybridized carbons (Fsp3) is 0.421. The van der Waals surface area contributed by atoms with E-state index in [1.807, 2.05) is 30.6 Å². The summed E-state index contributed by atoms with van der Waals surface area (Å²) in [5.41, 5.74) is 2.65. The van der Waals surface area contributed by atoms with Crippen molar-refractivity contribution in [2.45, 2.75) is 26.3 Å². The zero-order valence-corrected chi connectivity index (χ0v) is 16.5. The van der Waals surface area contributed by atoms with Crippen LogP contribution in [0.3, 0.4) is 0 Å². The van der Waals surface area contributed by atoms with Gasteiger partial charge in [0, 0.05) is 69.3 Å². The van der Waals surface area contributed by atoms with Gasteiger partial charge >= 0.3 is 0 Å². The number of hydrogen-bond acceptors (Lipinski definition) is 7. The molecule has 28 heavy (non-hydrogen) atoms. The summed E-state index contributed by atoms with van der Waals surface area (Å²) in [6.45, 7) is 5.54. The minimum absolute atomic E-state index is 0.187. The minimum atomic E-state index is -0.187. The lowest BCUT2D eigenvalue weighted by atomic mass is 10.2. The number of nitrogens with zero attached hydrogens (tertiary/aromatic N) is 7. The number of carbonyl (C=O) groups is 1. The molecular formula is C19H24N8O. The molecule has 1 amide bonds. The van der Waals surface area contributed by atoms with Gasteiger partial charge in [-0.2, -0.15) is 0 Å². The van der Waals surface area contributed by atoms with Crippen LogP contribution in [0, 0.1) is 13.8 Å². The Morgan fingerprint density at radius 3 is 2.68 bits per heavy atom. The Balaban J connectivity index is 1.55. The zero-order valence-electron chi connectivity index (χ0n) is 16.5. The van der Waals surface area contributed by atoms with Crippen LogP contribution in [-0.4, -0.2) is 68.4 Å². The number of amides is 1. The van der Waals surface area contributed by atoms with Gasteiger partial charge in [-0.1, -0.05) is 0 Å². The Morgan fingerprint density at radius 2 is 1.93 bits per heavy atom. The molecule has 0 saturated carbocycles. The van der Waals surface area contributed by atoms with E-state index in [4.69, 9.17) is 0 Å². The molecule has 1 aliphatic rings. The summed E-state index contributed by atoms with van der Waals surface area (Å²) in [7, 11) is 3.42. The van der Waals surface area contributed by atoms with E-state index in [1.165, 1.54) is 4.90 Å². The summed E-state index contributed by atoms with van der Waals surface area (Å²) >= 11 is 0. The zero-order chi connectivity index (χ0) is 19.8. The van der Waals surface area contributed by atoms with Crippen LogP contribution in [-0.2, 0) is 0 Å². The van der Waals surface area contributed by atoms with E-state index in [0.29, 0.717) is 0 Å². The highest BCUT2D eigenvalue weighted by Gasteiger charge is 2.27. The van der Waals surface area contributed by atoms with Gasteiger partial charge in [-0.05, 0) is 20.3 Å². The molecule has 9 nitrogen and oxygen atoms in total. The van der Waals surface area contributed by atoms with Crippen molar-refractivity contribution in [1.29, 1.82) is 0 Å². The first kappa shape index (κ1) is 18.1. The van der Waals surface area contributed by atoms with Gasteiger partial charge in [0.1, 0.15) is 5.82 Å². The van der Waals surface area contributed by atoms with Crippen molar-refractivity contribution in [3.8, 4) is 0 Å². The molecule has 4 rings (SSSR count). The number of aryl methyl sites for hydroxylation is 1. The van der Waals surface area contributed by atoms with Crippen LogP contribution >= 0.6 is 0 Å². The molecule has 1 aliphatic heterocycles. The monoisotopic (exact) mass is 380 g/mol. The van der Waals surface area contributed by atoms with Crippen LogP contribution in [0.1, 0.15) is 28.3 Å². The number of anilines is 2. The van der Waals surface area contributed by atoms with E-state index >= 15 is 0 Å². The highest BCUT2D eigenvalue weighted by molar-refractivity contribution is 5.90. The molecule has 0 unspecified atom stereocenters. The molecule has 1 fully saturated rings. The van der Waals surface area contributed by atoms with Crippen LogP contribution in [0.5, 0.6) is 0 Å². The van der Waals surface area contributed by atoms with Crippen LogP contribution in [0.4, 0.5) is 11.6 Å². The molecule has 0 bridgehead atoms. The first-order chi connectivity index (χ1) is 13.4. The molecule has 9 heteroatoms. The van der Waals surface area contributed by atoms with Crippen molar-refractivity contribution in [3.63, 3.8) is 0 Å². The predicted octanol–water partition coefficient (Wildman–Crippen LogP) is 1.53. The fourth-order valence-corrected chi connectivity index (χ4v) is 3.44. The third-order valence-corrected chi connectivity index (χ3v) is 5.10. The Labute approximate surface area is 163 Å². The normalized spacial score (nSPS) is 16.6. The van der Waals surface area contributed by atoms with E-state index in [1.54, 1.807) is 26.5 Å². The lowest BCUT2D eigenvalue weighted by Crippen LogP contribution is -2.30. The molecule has 1 atom stereocenters. The predicted molar refractivity (Wildman–Crippen MR) is 107 cm³/mol. The Bertz CT molecular complexity index is 1030. The van der Waals surface area contributed by atoms with Crippen molar-refractivity contribution in [3.05, 3.63) is 41.9 Å². The second-order valence-electron chi connectivity index (χ2n) is 7.29. The van der Waals surface area contributed by atoms with Gasteiger partial charge in [-0.3, -0.25) is 4.79 Å². The highest BCUT2D eigenvalue weighted by Crippen LogP contribution is 2.26. The molecular weight excluding hydrogens is 356 g/mol. The van der Waals surface area contributed by atoms with E-state index in [-0.39, 0.29) is 17.8 Å². The minimum Gasteiger partial charge on any atom is -0.362 e. The molecule has 1 N–H and O–H groups in total. The van der Waals surface area contributed by atoms with Crippen LogP contribution in [0.25, 0.3) is 5.65 Å². The SMILES string of the molecule is Cc1nc(C(=O)N(C)C)nc(N2CC[C@@H](Nc3nccn4ccnc34)C2)c1C. The van der Waals surface area contributed by atoms with Gasteiger partial charge in [0.15, 0.2) is 11.5 Å². The molecule has 146 valence electrons. The fourth-order valence-electron chi connectivity index (χ4n) is 3.44. The van der Waals surface area contributed by atoms with E-state index in [9.17, 15) is 4.79 Å². The van der Waals surface area contributed by atoms with Gasteiger partial charge in [0.05, 0.1) is 0 Å². The summed E-state index contributed by atoms with van der Waals surface area (Å²) in [6, 6.07) is 0.220. The van der Waals surface area contributed by atoms with Crippen LogP contribution in [0.15, 0.2) is 24.8 Å². The number of carbonyl (C=O) groups excluding carboxylic acids is 1. The van der Waals surface area contributed by atoms with E-state index in [0.717, 1.165) is 48.1 Å². The lowest BCUT2D eigenvalue weighted by Gasteiger charge is -2.22. The standard InChI is InChI=1S/C19H24N8O/c1-12-13(2)22-16(19(28)25(3)4)24-17(12)27-8-5-14(11-27)23-15-18-21-7-10-26(18)9-6-20-15/h6-7,9-10,14H,5,8,11H2,1-4H3,(H,20,23)/t14-/m1/s1. The second kappa shape index (κ2) is 7.06. The highest BCUT2D eigenvalue weighted by atomic mass is 16.2. The summed E-state index contributed by atoms with van der Waals surface area (Å²) < 4.78 is 1.94. The summed E-state index contributed by atoms with van der Waals surface area (Å²) in [4.78, 5) is 33.8. The molecule has 0 radical (unpaired) electrons. The number of fused-ring (bicyclic) bond motifs is 1. The average molecular weight is 380 g/mol. The quantitative estimate of drug-likeness (QED) is 0.734. The number of nitrogens with one attached hydrogen (secondary N) is 1. The maximum Gasteiger partial charge on any atom is 0.291 e. The topological polar surface area (TPSA) is 91.5 Å². The second-order valence-corrected chi connectivity index (χ2v) is 7.29. The Morgan fingerprint density at radius 1 is 1.18 bits per heavy atom. The summed E-state index contributed by atoms with van der Waals surface area (Å²) in [6.07, 6.45) is 8.26. The smallest absolute Gasteiger partial charge is 0.291 e. The number of aromatic nitrogens is 5. The van der Waals surface area contributed by atoms with E-state index in [2.05, 4.69) is 30.2 Å². The maximum absolute atomic E-state index is 12.3. The Hall–Kier alpha value is -3.23. The van der Waals surface area contributed by atoms with Gasteiger partial charge in [-0.15, -0.1) is 0 Å². The largest absolute Gasteiger partial charge is 0.362 e. The van der Waals surface area contributed by atoms with Crippen molar-refractivity contribution >= 4 is 23.2 Å². The first-order valence-corrected chi connectivity index (χ1v) is 9.30. The van der Waals surface area contributed by atoms with Gasteiger partial charge in [0.2, 0.25) is 5.82 Å². The van der Waals surface area contributed by atoms with Crippen molar-refractivity contribution in [2.75, 3.05) is 37.4 Å². The van der Waals surface area contributed by atoms with Crippen LogP contribution < -0.4 is 10.2 Å². The molecule has 3 aromatic heterocycles. The van der Waals surface area contributed by atoms with Gasteiger partial charge in [-0.25, -0.2) is 19.9 Å². The number of hydrogen-bond donors (Lipinski definition) is 1. The average Bonchev–Trinajstić information content (AvgIpc) is 3.33. The third kappa shape index (κ3) is 3.23. The molecule has 4 heterocycles. The number of rotatable bonds is 4. The number of imidazole rings is 1. The first-order valence-electron chi connectivity index (χ1n) is 9.30. The maximum atomic E-state index is 12.3. The molecule has 0 spiro atoms. The molecule has 3 aromatic rings. The third-order valence-electron chi connectivity index (χ3n) is 5.10. The molecule has 1 saturated heterocycles. The summed E-state index contributed by atoms with van der Waals surface area (Å²) in [5, 5.41) is 3.50.